The number of aromatic nitrogens is 1. The molecule has 0 aromatic carbocycles. The highest BCUT2D eigenvalue weighted by molar-refractivity contribution is 5.96. The zero-order valence-electron chi connectivity index (χ0n) is 11.1. The lowest BCUT2D eigenvalue weighted by molar-refractivity contribution is -0.139. The van der Waals surface area contributed by atoms with E-state index in [9.17, 15) is 9.59 Å². The molecule has 1 aliphatic heterocycles. The van der Waals surface area contributed by atoms with Gasteiger partial charge in [-0.2, -0.15) is 0 Å². The van der Waals surface area contributed by atoms with E-state index in [4.69, 9.17) is 14.6 Å². The number of hydrogen-bond acceptors (Lipinski definition) is 5. The summed E-state index contributed by atoms with van der Waals surface area (Å²) in [4.78, 5) is 28.9. The summed E-state index contributed by atoms with van der Waals surface area (Å²) in [6.07, 6.45) is 1.39. The Bertz CT molecular complexity index is 505. The van der Waals surface area contributed by atoms with Gasteiger partial charge < -0.3 is 19.5 Å². The molecule has 0 unspecified atom stereocenters. The predicted molar refractivity (Wildman–Crippen MR) is 68.7 cm³/mol. The molecule has 1 aromatic rings. The molecule has 0 saturated carbocycles. The number of carbonyl (C=O) groups excluding carboxylic acids is 1. The second-order valence-electron chi connectivity index (χ2n) is 4.39. The van der Waals surface area contributed by atoms with E-state index in [1.54, 1.807) is 12.1 Å². The number of hydrogen-bond donors (Lipinski definition) is 1. The van der Waals surface area contributed by atoms with Crippen molar-refractivity contribution in [1.82, 2.24) is 9.88 Å². The minimum atomic E-state index is -0.962. The van der Waals surface area contributed by atoms with Crippen LogP contribution in [0.2, 0.25) is 0 Å². The normalized spacial score (nSPS) is 18.6. The molecule has 1 N–H and O–H groups in total. The first-order valence-electron chi connectivity index (χ1n) is 6.23. The standard InChI is InChI=1S/C13H16N2O5/c1-19-12-10(3-2-4-14-12)13(18)15-5-6-20-8-9(15)7-11(16)17/h2-4,9H,5-8H2,1H3,(H,16,17)/t9-/m0/s1. The first-order valence-corrected chi connectivity index (χ1v) is 6.23. The molecule has 0 radical (unpaired) electrons. The van der Waals surface area contributed by atoms with Crippen LogP contribution in [0.1, 0.15) is 16.8 Å². The number of carboxylic acid groups (broad SMARTS) is 1. The lowest BCUT2D eigenvalue weighted by atomic mass is 10.1. The van der Waals surface area contributed by atoms with Gasteiger partial charge in [-0.05, 0) is 12.1 Å². The van der Waals surface area contributed by atoms with Gasteiger partial charge in [0.25, 0.3) is 5.91 Å². The molecule has 1 saturated heterocycles. The fraction of sp³-hybridized carbons (Fsp3) is 0.462. The van der Waals surface area contributed by atoms with Crippen LogP contribution in [0.4, 0.5) is 0 Å². The Morgan fingerprint density at radius 2 is 2.40 bits per heavy atom. The lowest BCUT2D eigenvalue weighted by Gasteiger charge is -2.34. The van der Waals surface area contributed by atoms with Crippen LogP contribution in [-0.2, 0) is 9.53 Å². The van der Waals surface area contributed by atoms with Crippen molar-refractivity contribution in [3.63, 3.8) is 0 Å². The van der Waals surface area contributed by atoms with Crippen LogP contribution in [0.15, 0.2) is 18.3 Å². The SMILES string of the molecule is COc1ncccc1C(=O)N1CCOC[C@@H]1CC(=O)O. The average molecular weight is 280 g/mol. The van der Waals surface area contributed by atoms with Gasteiger partial charge in [-0.3, -0.25) is 9.59 Å². The maximum atomic E-state index is 12.5. The maximum absolute atomic E-state index is 12.5. The van der Waals surface area contributed by atoms with Gasteiger partial charge in [0.1, 0.15) is 5.56 Å². The number of methoxy groups -OCH3 is 1. The van der Waals surface area contributed by atoms with Gasteiger partial charge in [0.15, 0.2) is 0 Å². The molecule has 1 amide bonds. The number of pyridine rings is 1. The molecule has 2 rings (SSSR count). The van der Waals surface area contributed by atoms with E-state index in [0.29, 0.717) is 18.7 Å². The zero-order valence-corrected chi connectivity index (χ0v) is 11.1. The molecule has 0 aliphatic carbocycles. The molecular formula is C13H16N2O5. The summed E-state index contributed by atoms with van der Waals surface area (Å²) < 4.78 is 10.3. The highest BCUT2D eigenvalue weighted by Crippen LogP contribution is 2.20. The molecule has 7 heteroatoms. The highest BCUT2D eigenvalue weighted by atomic mass is 16.5. The minimum Gasteiger partial charge on any atom is -0.481 e. The summed E-state index contributed by atoms with van der Waals surface area (Å²) in [6, 6.07) is 2.78. The predicted octanol–water partition coefficient (Wildman–Crippen LogP) is 0.406. The van der Waals surface area contributed by atoms with Crippen molar-refractivity contribution < 1.29 is 24.2 Å². The Balaban J connectivity index is 2.23. The van der Waals surface area contributed by atoms with Gasteiger partial charge in [-0.25, -0.2) is 4.98 Å². The van der Waals surface area contributed by atoms with Gasteiger partial charge in [0.05, 0.1) is 32.8 Å². The number of nitrogens with zero attached hydrogens (tertiary/aromatic N) is 2. The number of aliphatic carboxylic acids is 1. The second-order valence-corrected chi connectivity index (χ2v) is 4.39. The molecule has 7 nitrogen and oxygen atoms in total. The van der Waals surface area contributed by atoms with Crippen molar-refractivity contribution in [3.05, 3.63) is 23.9 Å². The number of morpholine rings is 1. The maximum Gasteiger partial charge on any atom is 0.305 e. The quantitative estimate of drug-likeness (QED) is 0.859. The average Bonchev–Trinajstić information content (AvgIpc) is 2.46. The summed E-state index contributed by atoms with van der Waals surface area (Å²) in [5, 5.41) is 8.91. The first-order chi connectivity index (χ1) is 9.63. The van der Waals surface area contributed by atoms with Gasteiger partial charge in [-0.1, -0.05) is 0 Å². The topological polar surface area (TPSA) is 89.0 Å². The molecule has 1 aromatic heterocycles. The zero-order chi connectivity index (χ0) is 14.5. The van der Waals surface area contributed by atoms with Gasteiger partial charge in [-0.15, -0.1) is 0 Å². The largest absolute Gasteiger partial charge is 0.481 e. The number of carbonyl (C=O) groups is 2. The summed E-state index contributed by atoms with van der Waals surface area (Å²) in [6.45, 7) is 0.972. The van der Waals surface area contributed by atoms with Crippen LogP contribution in [-0.4, -0.2) is 59.8 Å². The third-order valence-corrected chi connectivity index (χ3v) is 3.09. The molecule has 2 heterocycles. The fourth-order valence-corrected chi connectivity index (χ4v) is 2.16. The van der Waals surface area contributed by atoms with Crippen molar-refractivity contribution in [1.29, 1.82) is 0 Å². The van der Waals surface area contributed by atoms with E-state index in [2.05, 4.69) is 4.98 Å². The number of amides is 1. The van der Waals surface area contributed by atoms with Crippen LogP contribution in [0.25, 0.3) is 0 Å². The van der Waals surface area contributed by atoms with E-state index >= 15 is 0 Å². The fourth-order valence-electron chi connectivity index (χ4n) is 2.16. The van der Waals surface area contributed by atoms with Gasteiger partial charge in [0, 0.05) is 12.7 Å². The molecule has 1 aliphatic rings. The van der Waals surface area contributed by atoms with E-state index in [0.717, 1.165) is 0 Å². The van der Waals surface area contributed by atoms with E-state index in [-0.39, 0.29) is 24.8 Å². The smallest absolute Gasteiger partial charge is 0.305 e. The molecule has 1 atom stereocenters. The van der Waals surface area contributed by atoms with Crippen LogP contribution in [0.3, 0.4) is 0 Å². The monoisotopic (exact) mass is 280 g/mol. The molecule has 0 bridgehead atoms. The Morgan fingerprint density at radius 1 is 1.60 bits per heavy atom. The summed E-state index contributed by atoms with van der Waals surface area (Å²) in [5.41, 5.74) is 0.326. The molecule has 1 fully saturated rings. The lowest BCUT2D eigenvalue weighted by Crippen LogP contribution is -2.49. The summed E-state index contributed by atoms with van der Waals surface area (Å²) >= 11 is 0. The van der Waals surface area contributed by atoms with Gasteiger partial charge >= 0.3 is 5.97 Å². The Labute approximate surface area is 116 Å². The Hall–Kier alpha value is -2.15. The van der Waals surface area contributed by atoms with E-state index in [1.165, 1.54) is 18.2 Å². The van der Waals surface area contributed by atoms with Crippen LogP contribution >= 0.6 is 0 Å². The minimum absolute atomic E-state index is 0.145. The van der Waals surface area contributed by atoms with E-state index in [1.807, 2.05) is 0 Å². The molecule has 108 valence electrons. The van der Waals surface area contributed by atoms with Crippen molar-refractivity contribution >= 4 is 11.9 Å². The number of ether oxygens (including phenoxy) is 2. The van der Waals surface area contributed by atoms with Crippen molar-refractivity contribution in [2.24, 2.45) is 0 Å². The Morgan fingerprint density at radius 3 is 3.10 bits per heavy atom. The van der Waals surface area contributed by atoms with Crippen LogP contribution in [0, 0.1) is 0 Å². The summed E-state index contributed by atoms with van der Waals surface area (Å²) in [5.74, 6) is -1.01. The van der Waals surface area contributed by atoms with Crippen molar-refractivity contribution in [2.45, 2.75) is 12.5 Å². The number of rotatable bonds is 4. The van der Waals surface area contributed by atoms with Crippen molar-refractivity contribution in [3.8, 4) is 5.88 Å². The third-order valence-electron chi connectivity index (χ3n) is 3.09. The second kappa shape index (κ2) is 6.33. The third kappa shape index (κ3) is 3.05. The van der Waals surface area contributed by atoms with Gasteiger partial charge in [0.2, 0.25) is 5.88 Å². The number of carboxylic acids is 1. The van der Waals surface area contributed by atoms with Crippen molar-refractivity contribution in [2.75, 3.05) is 26.9 Å². The van der Waals surface area contributed by atoms with E-state index < -0.39 is 12.0 Å². The molecular weight excluding hydrogens is 264 g/mol. The van der Waals surface area contributed by atoms with Crippen LogP contribution < -0.4 is 4.74 Å². The molecule has 20 heavy (non-hydrogen) atoms. The van der Waals surface area contributed by atoms with Crippen LogP contribution in [0.5, 0.6) is 5.88 Å². The molecule has 0 spiro atoms. The summed E-state index contributed by atoms with van der Waals surface area (Å²) in [7, 11) is 1.44. The highest BCUT2D eigenvalue weighted by Gasteiger charge is 2.31. The first kappa shape index (κ1) is 14.3. The Kier molecular flexibility index (Phi) is 4.52.